The van der Waals surface area contributed by atoms with Gasteiger partial charge in [0.25, 0.3) is 10.1 Å². The number of rotatable bonds is 38. The molecule has 2 spiro atoms. The van der Waals surface area contributed by atoms with Crippen molar-refractivity contribution in [2.45, 2.75) is 95.5 Å². The van der Waals surface area contributed by atoms with Crippen molar-refractivity contribution >= 4 is 113 Å². The van der Waals surface area contributed by atoms with Crippen molar-refractivity contribution in [3.8, 4) is 34.0 Å². The summed E-state index contributed by atoms with van der Waals surface area (Å²) in [4.78, 5) is 120. The van der Waals surface area contributed by atoms with E-state index in [0.717, 1.165) is 70.5 Å². The first-order valence-corrected chi connectivity index (χ1v) is 42.4. The number of halogens is 1. The SMILES string of the molecule is C.Cc1ccc(S(=O)(=O)OCCOCCOCCOCCOCCOc2ccc(-c3ccc4c5cnccc5n(C)c4c3)cn2)cc1.Cl.Cn1c2ccncc2c2ccc(-c3ccc(OCCOCCOCCOCCOCCN4CCC5(CC4)CC(=O)N(C4CCC(=O)NC4=O)C5=O)nc3)cc21.O=C1CCC(N2C(=O)CC3(CCNCC3)C2=O)C(=O)N1. The molecule has 3 N–H and O–H groups in total. The number of imide groups is 4. The van der Waals surface area contributed by atoms with Gasteiger partial charge >= 0.3 is 0 Å². The van der Waals surface area contributed by atoms with Crippen LogP contribution in [0.5, 0.6) is 11.8 Å². The number of pyridine rings is 4. The molecule has 9 aromatic rings. The number of likely N-dealkylation sites (tertiary alicyclic amines) is 3. The highest BCUT2D eigenvalue weighted by atomic mass is 35.5. The van der Waals surface area contributed by atoms with Gasteiger partial charge in [0.15, 0.2) is 0 Å². The summed E-state index contributed by atoms with van der Waals surface area (Å²) in [7, 11) is 0.360. The average molecular weight is 1740 g/mol. The van der Waals surface area contributed by atoms with Crippen LogP contribution in [0.1, 0.15) is 77.2 Å². The first kappa shape index (κ1) is 93.5. The van der Waals surface area contributed by atoms with Crippen LogP contribution in [0.3, 0.4) is 0 Å². The van der Waals surface area contributed by atoms with Gasteiger partial charge in [-0.3, -0.25) is 72.9 Å². The Balaban J connectivity index is 0.000000195. The number of hydrogen-bond donors (Lipinski definition) is 3. The Labute approximate surface area is 720 Å². The molecule has 0 radical (unpaired) electrons. The second-order valence-electron chi connectivity index (χ2n) is 30.4. The maximum atomic E-state index is 13.3. The van der Waals surface area contributed by atoms with Gasteiger partial charge < -0.3 is 66.7 Å². The number of amides is 8. The van der Waals surface area contributed by atoms with E-state index in [0.29, 0.717) is 182 Å². The number of ether oxygens (including phenoxy) is 10. The van der Waals surface area contributed by atoms with Gasteiger partial charge in [-0.2, -0.15) is 8.42 Å². The van der Waals surface area contributed by atoms with Gasteiger partial charge in [0.2, 0.25) is 59.0 Å². The minimum Gasteiger partial charge on any atom is -0.475 e. The van der Waals surface area contributed by atoms with Crippen LogP contribution < -0.4 is 25.4 Å². The van der Waals surface area contributed by atoms with Gasteiger partial charge in [0.1, 0.15) is 25.3 Å². The van der Waals surface area contributed by atoms with Crippen LogP contribution in [0.4, 0.5) is 0 Å². The van der Waals surface area contributed by atoms with Crippen LogP contribution in [-0.2, 0) is 105 Å². The monoisotopic (exact) mass is 1740 g/mol. The van der Waals surface area contributed by atoms with Crippen molar-refractivity contribution in [3.63, 3.8) is 0 Å². The maximum Gasteiger partial charge on any atom is 0.297 e. The molecule has 123 heavy (non-hydrogen) atoms. The molecule has 6 aliphatic rings. The highest BCUT2D eigenvalue weighted by molar-refractivity contribution is 7.86. The third kappa shape index (κ3) is 23.8. The van der Waals surface area contributed by atoms with E-state index in [1.54, 1.807) is 12.1 Å². The molecule has 6 saturated heterocycles. The molecule has 6 aliphatic heterocycles. The lowest BCUT2D eigenvalue weighted by atomic mass is 9.77. The molecule has 660 valence electrons. The van der Waals surface area contributed by atoms with Gasteiger partial charge in [0, 0.05) is 139 Å². The van der Waals surface area contributed by atoms with Crippen LogP contribution in [0, 0.1) is 17.8 Å². The predicted octanol–water partition coefficient (Wildman–Crippen LogP) is 7.81. The molecule has 0 bridgehead atoms. The van der Waals surface area contributed by atoms with Gasteiger partial charge in [-0.25, -0.2) is 9.97 Å². The van der Waals surface area contributed by atoms with Gasteiger partial charge in [-0.05, 0) is 131 Å². The molecule has 3 aromatic carbocycles. The molecule has 0 aliphatic carbocycles. The Morgan fingerprint density at radius 3 is 1.24 bits per heavy atom. The fraction of sp³-hybridized carbons (Fsp3) is 0.477. The first-order chi connectivity index (χ1) is 58.8. The number of nitrogens with one attached hydrogen (secondary N) is 3. The maximum absolute atomic E-state index is 13.3. The molecule has 35 heteroatoms. The molecular weight excluding hydrogens is 1630 g/mol. The Morgan fingerprint density at radius 2 is 0.829 bits per heavy atom. The summed E-state index contributed by atoms with van der Waals surface area (Å²) < 4.78 is 89.4. The number of fused-ring (bicyclic) bond motifs is 6. The Morgan fingerprint density at radius 1 is 0.439 bits per heavy atom. The topological polar surface area (TPSA) is 379 Å². The minimum atomic E-state index is -3.78. The summed E-state index contributed by atoms with van der Waals surface area (Å²) in [6, 6.07) is 29.4. The van der Waals surface area contributed by atoms with E-state index in [4.69, 9.17) is 51.6 Å². The second kappa shape index (κ2) is 44.9. The van der Waals surface area contributed by atoms with E-state index >= 15 is 0 Å². The van der Waals surface area contributed by atoms with E-state index in [1.165, 1.54) is 22.9 Å². The van der Waals surface area contributed by atoms with Crippen molar-refractivity contribution in [1.82, 2.24) is 59.7 Å². The summed E-state index contributed by atoms with van der Waals surface area (Å²) in [5.41, 5.74) is 8.38. The summed E-state index contributed by atoms with van der Waals surface area (Å²) >= 11 is 0. The zero-order valence-corrected chi connectivity index (χ0v) is 70.4. The fourth-order valence-electron chi connectivity index (χ4n) is 15.9. The number of piperidine rings is 4. The van der Waals surface area contributed by atoms with Gasteiger partial charge in [0.05, 0.1) is 139 Å². The third-order valence-electron chi connectivity index (χ3n) is 22.6. The normalized spacial score (nSPS) is 17.8. The molecule has 6 fully saturated rings. The largest absolute Gasteiger partial charge is 0.475 e. The number of hydrogen-bond acceptors (Lipinski definition) is 27. The Bertz CT molecular complexity index is 5220. The number of aryl methyl sites for hydroxylation is 3. The molecule has 33 nitrogen and oxygen atoms in total. The number of carbonyl (C=O) groups excluding carboxylic acids is 8. The van der Waals surface area contributed by atoms with Crippen LogP contribution >= 0.6 is 12.4 Å². The lowest BCUT2D eigenvalue weighted by Crippen LogP contribution is -2.55. The van der Waals surface area contributed by atoms with Crippen LogP contribution in [0.15, 0.2) is 139 Å². The van der Waals surface area contributed by atoms with E-state index in [1.807, 2.05) is 80.5 Å². The molecule has 15 rings (SSSR count). The predicted molar refractivity (Wildman–Crippen MR) is 457 cm³/mol. The molecular formula is C88H109ClN12O21S. The highest BCUT2D eigenvalue weighted by Gasteiger charge is 2.57. The van der Waals surface area contributed by atoms with Crippen molar-refractivity contribution in [1.29, 1.82) is 0 Å². The number of aromatic nitrogens is 6. The quantitative estimate of drug-likeness (QED) is 0.0189. The van der Waals surface area contributed by atoms with Crippen molar-refractivity contribution in [2.75, 3.05) is 158 Å². The Kier molecular flexibility index (Phi) is 34.2. The first-order valence-electron chi connectivity index (χ1n) is 41.0. The average Bonchev–Trinajstić information content (AvgIpc) is 2.46. The lowest BCUT2D eigenvalue weighted by molar-refractivity contribution is -0.153. The zero-order valence-electron chi connectivity index (χ0n) is 68.8. The second-order valence-corrected chi connectivity index (χ2v) is 32.0. The van der Waals surface area contributed by atoms with Crippen molar-refractivity contribution in [2.24, 2.45) is 24.9 Å². The molecule has 8 amide bonds. The van der Waals surface area contributed by atoms with E-state index in [2.05, 4.69) is 100 Å². The van der Waals surface area contributed by atoms with Gasteiger partial charge in [-0.15, -0.1) is 12.4 Å². The minimum absolute atomic E-state index is 0. The number of carbonyl (C=O) groups is 8. The van der Waals surface area contributed by atoms with E-state index in [9.17, 15) is 46.8 Å². The standard InChI is InChI=1S/C40H48N6O9.C34H39N3O8S.C13H17N3O4.CH4.ClH/c1-44-32-8-11-41-27-31(32)30-4-2-28(24-34(30)44)29-3-7-36(42-26-29)55-23-22-54-21-20-53-19-18-52-17-16-51-15-14-45-12-9-40(10-13-45)25-37(48)46(39(40)50)33-5-6-35(47)43-38(33)49;1-26-3-7-29(8-4-26)46(38,39)45-22-20-43-18-16-41-14-13-40-15-17-42-19-21-44-34-10-6-28(24-36-34)27-5-9-30-31-25-35-12-11-32(31)37(2)33(30)23-27;17-9-2-1-8(11(19)15-9)16-10(18)7-13(12(16)20)3-5-14-6-4-13;;/h2-4,7-8,11,24,26-27,33H,5-6,9-10,12-23,25H2,1H3,(H,43,47,49);3-12,23-25H,13-22H2,1-2H3;8,14H,1-7H2,(H,15,17,19);1H4;1H. The molecule has 6 aromatic heterocycles. The van der Waals surface area contributed by atoms with Crippen LogP contribution in [0.2, 0.25) is 0 Å². The number of nitrogens with zero attached hydrogens (tertiary/aromatic N) is 9. The molecule has 2 atom stereocenters. The van der Waals surface area contributed by atoms with Crippen molar-refractivity contribution < 1.29 is 98.3 Å². The van der Waals surface area contributed by atoms with E-state index < -0.39 is 44.8 Å². The fourth-order valence-corrected chi connectivity index (χ4v) is 16.8. The van der Waals surface area contributed by atoms with E-state index in [-0.39, 0.29) is 112 Å². The summed E-state index contributed by atoms with van der Waals surface area (Å²) in [5, 5.41) is 12.3. The van der Waals surface area contributed by atoms with Crippen LogP contribution in [-0.4, -0.2) is 270 Å². The Hall–Kier alpha value is -10.2. The number of benzene rings is 3. The smallest absolute Gasteiger partial charge is 0.297 e. The van der Waals surface area contributed by atoms with Crippen molar-refractivity contribution in [3.05, 3.63) is 140 Å². The highest BCUT2D eigenvalue weighted by Crippen LogP contribution is 2.45. The molecule has 2 unspecified atom stereocenters. The third-order valence-corrected chi connectivity index (χ3v) is 23.9. The molecule has 0 saturated carbocycles. The zero-order chi connectivity index (χ0) is 84.7. The summed E-state index contributed by atoms with van der Waals surface area (Å²) in [6.07, 6.45) is 14.5. The molecule has 12 heterocycles. The summed E-state index contributed by atoms with van der Waals surface area (Å²) in [5.74, 6) is -1.84. The van der Waals surface area contributed by atoms with Crippen LogP contribution in [0.25, 0.3) is 65.9 Å². The summed E-state index contributed by atoms with van der Waals surface area (Å²) in [6.45, 7) is 12.8. The van der Waals surface area contributed by atoms with Gasteiger partial charge in [-0.1, -0.05) is 49.4 Å². The lowest BCUT2D eigenvalue weighted by Gasteiger charge is -2.38.